The molecule has 0 radical (unpaired) electrons. The molecule has 8 heavy (non-hydrogen) atoms. The average molecular weight is 244 g/mol. The second kappa shape index (κ2) is 3.84. The highest BCUT2D eigenvalue weighted by Crippen LogP contribution is 2.13. The molecule has 0 rings (SSSR count). The van der Waals surface area contributed by atoms with E-state index >= 15 is 0 Å². The summed E-state index contributed by atoms with van der Waals surface area (Å²) < 4.78 is 6.50. The van der Waals surface area contributed by atoms with E-state index in [4.69, 9.17) is 4.43 Å². The normalized spacial score (nSPS) is 12.4. The summed E-state index contributed by atoms with van der Waals surface area (Å²) in [6, 6.07) is 0. The monoisotopic (exact) mass is 244 g/mol. The first-order valence-electron chi connectivity index (χ1n) is 2.73. The zero-order chi connectivity index (χ0) is 6.62. The van der Waals surface area contributed by atoms with Crippen molar-refractivity contribution in [3.63, 3.8) is 0 Å². The molecule has 0 aromatic carbocycles. The summed E-state index contributed by atoms with van der Waals surface area (Å²) in [5.74, 6) is 0. The Morgan fingerprint density at radius 2 is 2.12 bits per heavy atom. The van der Waals surface area contributed by atoms with Crippen LogP contribution in [0.2, 0.25) is 0 Å². The van der Waals surface area contributed by atoms with Crippen molar-refractivity contribution in [2.24, 2.45) is 0 Å². The highest BCUT2D eigenvalue weighted by Gasteiger charge is 2.12. The smallest absolute Gasteiger partial charge is 0.146 e. The Bertz CT molecular complexity index is 65.4. The molecule has 0 aromatic rings. The Labute approximate surface area is 67.9 Å². The van der Waals surface area contributed by atoms with Gasteiger partial charge in [0, 0.05) is 4.43 Å². The van der Waals surface area contributed by atoms with Crippen LogP contribution in [0.5, 0.6) is 0 Å². The molecule has 0 saturated heterocycles. The number of hydrogen-bond donors (Lipinski definition) is 0. The van der Waals surface area contributed by atoms with Crippen LogP contribution in [0.3, 0.4) is 0 Å². The maximum Gasteiger partial charge on any atom is 0.146 e. The van der Waals surface area contributed by atoms with Crippen molar-refractivity contribution in [2.75, 3.05) is 4.43 Å². The second-order valence-corrected chi connectivity index (χ2v) is 3.89. The summed E-state index contributed by atoms with van der Waals surface area (Å²) >= 11 is 2.37. The Kier molecular flexibility index (Phi) is 4.28. The molecule has 0 aromatic heterocycles. The van der Waals surface area contributed by atoms with Gasteiger partial charge in [-0.05, 0) is 20.3 Å². The van der Waals surface area contributed by atoms with E-state index in [-0.39, 0.29) is 5.60 Å². The molecule has 0 atom stereocenters. The van der Waals surface area contributed by atoms with Gasteiger partial charge in [0.25, 0.3) is 0 Å². The molecule has 0 N–H and O–H groups in total. The van der Waals surface area contributed by atoms with E-state index in [1.807, 2.05) is 0 Å². The van der Waals surface area contributed by atoms with Crippen molar-refractivity contribution >= 4 is 33.1 Å². The van der Waals surface area contributed by atoms with E-state index < -0.39 is 0 Å². The minimum atomic E-state index is 0.146. The molecular formula is C5H13IOSi. The molecule has 0 amide bonds. The van der Waals surface area contributed by atoms with E-state index in [0.29, 0.717) is 0 Å². The third-order valence-corrected chi connectivity index (χ3v) is 2.89. The zero-order valence-corrected chi connectivity index (χ0v) is 9.86. The van der Waals surface area contributed by atoms with Crippen LogP contribution in [0.15, 0.2) is 0 Å². The molecular weight excluding hydrogens is 231 g/mol. The van der Waals surface area contributed by atoms with Crippen molar-refractivity contribution < 1.29 is 4.43 Å². The van der Waals surface area contributed by atoms with Gasteiger partial charge in [-0.2, -0.15) is 0 Å². The average Bonchev–Trinajstić information content (AvgIpc) is 1.67. The SMILES string of the molecule is CC(C)(CCI)O[SiH3]. The molecule has 0 aliphatic heterocycles. The van der Waals surface area contributed by atoms with Gasteiger partial charge in [-0.3, -0.25) is 0 Å². The van der Waals surface area contributed by atoms with Crippen molar-refractivity contribution in [1.29, 1.82) is 0 Å². The molecule has 0 aliphatic rings. The number of rotatable bonds is 3. The van der Waals surface area contributed by atoms with Crippen LogP contribution in [0.4, 0.5) is 0 Å². The Morgan fingerprint density at radius 1 is 1.62 bits per heavy atom. The van der Waals surface area contributed by atoms with Gasteiger partial charge in [-0.25, -0.2) is 0 Å². The molecule has 0 fully saturated rings. The Hall–Kier alpha value is 0.907. The van der Waals surface area contributed by atoms with Gasteiger partial charge in [0.05, 0.1) is 5.60 Å². The Balaban J connectivity index is 3.37. The lowest BCUT2D eigenvalue weighted by molar-refractivity contribution is 0.121. The molecule has 0 bridgehead atoms. The van der Waals surface area contributed by atoms with Crippen LogP contribution in [-0.2, 0) is 4.43 Å². The van der Waals surface area contributed by atoms with Crippen LogP contribution in [-0.4, -0.2) is 20.5 Å². The van der Waals surface area contributed by atoms with Gasteiger partial charge >= 0.3 is 0 Å². The lowest BCUT2D eigenvalue weighted by Crippen LogP contribution is -2.23. The fourth-order valence-corrected chi connectivity index (χ4v) is 1.83. The van der Waals surface area contributed by atoms with Crippen LogP contribution < -0.4 is 0 Å². The van der Waals surface area contributed by atoms with Crippen LogP contribution in [0, 0.1) is 0 Å². The Morgan fingerprint density at radius 3 is 2.25 bits per heavy atom. The summed E-state index contributed by atoms with van der Waals surface area (Å²) in [5, 5.41) is 0. The minimum absolute atomic E-state index is 0.146. The van der Waals surface area contributed by atoms with Crippen LogP contribution >= 0.6 is 22.6 Å². The third-order valence-electron chi connectivity index (χ3n) is 1.25. The molecule has 1 nitrogen and oxygen atoms in total. The summed E-state index contributed by atoms with van der Waals surface area (Å²) in [5.41, 5.74) is 0.146. The van der Waals surface area contributed by atoms with E-state index in [1.54, 1.807) is 0 Å². The molecule has 0 heterocycles. The molecule has 0 saturated carbocycles. The van der Waals surface area contributed by atoms with Gasteiger partial charge in [-0.1, -0.05) is 22.6 Å². The third kappa shape index (κ3) is 3.85. The summed E-state index contributed by atoms with van der Waals surface area (Å²) in [6.07, 6.45) is 1.16. The number of hydrogen-bond acceptors (Lipinski definition) is 1. The largest absolute Gasteiger partial charge is 0.423 e. The lowest BCUT2D eigenvalue weighted by Gasteiger charge is -2.21. The molecule has 3 heteroatoms. The van der Waals surface area contributed by atoms with E-state index in [0.717, 1.165) is 16.9 Å². The maximum atomic E-state index is 5.31. The maximum absolute atomic E-state index is 5.31. The standard InChI is InChI=1S/C5H13IOSi/c1-5(2,7-8)3-4-6/h3-4H2,1-2,8H3. The predicted octanol–water partition coefficient (Wildman–Crippen LogP) is 0.887. The van der Waals surface area contributed by atoms with Crippen molar-refractivity contribution in [3.8, 4) is 0 Å². The number of halogens is 1. The van der Waals surface area contributed by atoms with E-state index in [1.165, 1.54) is 4.43 Å². The fraction of sp³-hybridized carbons (Fsp3) is 1.00. The summed E-state index contributed by atoms with van der Waals surface area (Å²) in [7, 11) is 0.858. The van der Waals surface area contributed by atoms with E-state index in [9.17, 15) is 0 Å². The quantitative estimate of drug-likeness (QED) is 0.407. The molecule has 0 aliphatic carbocycles. The first-order valence-corrected chi connectivity index (χ1v) is 5.08. The summed E-state index contributed by atoms with van der Waals surface area (Å²) in [4.78, 5) is 0. The van der Waals surface area contributed by atoms with Crippen molar-refractivity contribution in [1.82, 2.24) is 0 Å². The highest BCUT2D eigenvalue weighted by molar-refractivity contribution is 14.1. The number of alkyl halides is 1. The van der Waals surface area contributed by atoms with Gasteiger partial charge in [0.2, 0.25) is 0 Å². The van der Waals surface area contributed by atoms with E-state index in [2.05, 4.69) is 36.4 Å². The van der Waals surface area contributed by atoms with Crippen molar-refractivity contribution in [3.05, 3.63) is 0 Å². The topological polar surface area (TPSA) is 9.23 Å². The van der Waals surface area contributed by atoms with Crippen LogP contribution in [0.25, 0.3) is 0 Å². The first-order chi connectivity index (χ1) is 3.62. The molecule has 50 valence electrons. The zero-order valence-electron chi connectivity index (χ0n) is 5.70. The molecule has 0 spiro atoms. The fourth-order valence-electron chi connectivity index (χ4n) is 0.330. The second-order valence-electron chi connectivity index (χ2n) is 2.40. The first kappa shape index (κ1) is 8.91. The van der Waals surface area contributed by atoms with Gasteiger partial charge in [0.1, 0.15) is 10.5 Å². The van der Waals surface area contributed by atoms with Gasteiger partial charge < -0.3 is 4.43 Å². The van der Waals surface area contributed by atoms with Gasteiger partial charge in [-0.15, -0.1) is 0 Å². The van der Waals surface area contributed by atoms with Gasteiger partial charge in [0.15, 0.2) is 0 Å². The highest BCUT2D eigenvalue weighted by atomic mass is 127. The lowest BCUT2D eigenvalue weighted by atomic mass is 10.1. The summed E-state index contributed by atoms with van der Waals surface area (Å²) in [6.45, 7) is 4.28. The minimum Gasteiger partial charge on any atom is -0.423 e. The predicted molar refractivity (Wildman–Crippen MR) is 48.6 cm³/mol. The van der Waals surface area contributed by atoms with Crippen LogP contribution in [0.1, 0.15) is 20.3 Å². The van der Waals surface area contributed by atoms with Crippen molar-refractivity contribution in [2.45, 2.75) is 25.9 Å². The molecule has 0 unspecified atom stereocenters.